The summed E-state index contributed by atoms with van der Waals surface area (Å²) in [7, 11) is 0. The van der Waals surface area contributed by atoms with Crippen LogP contribution < -0.4 is 5.32 Å². The van der Waals surface area contributed by atoms with Crippen LogP contribution in [-0.4, -0.2) is 23.7 Å². The van der Waals surface area contributed by atoms with Crippen LogP contribution in [0.4, 0.5) is 0 Å². The minimum Gasteiger partial charge on any atom is -0.373 e. The van der Waals surface area contributed by atoms with E-state index in [1.807, 2.05) is 6.20 Å². The maximum Gasteiger partial charge on any atom is 0.0735 e. The van der Waals surface area contributed by atoms with E-state index in [9.17, 15) is 0 Å². The van der Waals surface area contributed by atoms with Crippen molar-refractivity contribution >= 4 is 15.9 Å². The van der Waals surface area contributed by atoms with Crippen LogP contribution in [0.15, 0.2) is 22.9 Å². The number of hydrogen-bond donors (Lipinski definition) is 1. The Morgan fingerprint density at radius 2 is 2.11 bits per heavy atom. The molecule has 0 bridgehead atoms. The van der Waals surface area contributed by atoms with Gasteiger partial charge in [-0.25, -0.2) is 0 Å². The molecular weight excluding hydrogens is 304 g/mol. The summed E-state index contributed by atoms with van der Waals surface area (Å²) in [6.07, 6.45) is 10.1. The third kappa shape index (κ3) is 5.21. The molecule has 0 spiro atoms. The molecule has 1 fully saturated rings. The van der Waals surface area contributed by atoms with Gasteiger partial charge >= 0.3 is 0 Å². The van der Waals surface area contributed by atoms with Crippen molar-refractivity contribution in [2.45, 2.75) is 57.8 Å². The van der Waals surface area contributed by atoms with Crippen molar-refractivity contribution in [3.63, 3.8) is 0 Å². The Bertz CT molecular complexity index is 378. The third-order valence-electron chi connectivity index (χ3n) is 3.60. The van der Waals surface area contributed by atoms with Gasteiger partial charge in [-0.1, -0.05) is 6.92 Å². The minimum absolute atomic E-state index is 0.415. The molecule has 3 nitrogen and oxygen atoms in total. The molecule has 4 heteroatoms. The molecule has 1 aliphatic carbocycles. The molecule has 19 heavy (non-hydrogen) atoms. The van der Waals surface area contributed by atoms with Crippen molar-refractivity contribution in [1.29, 1.82) is 0 Å². The van der Waals surface area contributed by atoms with Gasteiger partial charge in [-0.05, 0) is 66.2 Å². The van der Waals surface area contributed by atoms with E-state index in [1.54, 1.807) is 6.20 Å². The number of nitrogens with one attached hydrogen (secondary N) is 1. The summed E-state index contributed by atoms with van der Waals surface area (Å²) in [6, 6.07) is 2.77. The summed E-state index contributed by atoms with van der Waals surface area (Å²) < 4.78 is 7.00. The van der Waals surface area contributed by atoms with Crippen LogP contribution in [0.3, 0.4) is 0 Å². The zero-order chi connectivity index (χ0) is 13.5. The molecule has 1 N–H and O–H groups in total. The summed E-state index contributed by atoms with van der Waals surface area (Å²) in [5, 5.41) is 3.60. The zero-order valence-corrected chi connectivity index (χ0v) is 13.2. The largest absolute Gasteiger partial charge is 0.373 e. The number of halogens is 1. The van der Waals surface area contributed by atoms with Gasteiger partial charge in [0.25, 0.3) is 0 Å². The smallest absolute Gasteiger partial charge is 0.0735 e. The van der Waals surface area contributed by atoms with Crippen molar-refractivity contribution in [3.05, 3.63) is 28.5 Å². The molecule has 1 aromatic heterocycles. The fourth-order valence-corrected chi connectivity index (χ4v) is 2.94. The summed E-state index contributed by atoms with van der Waals surface area (Å²) in [4.78, 5) is 4.16. The lowest BCUT2D eigenvalue weighted by atomic mass is 9.93. The van der Waals surface area contributed by atoms with Crippen LogP contribution in [0.25, 0.3) is 0 Å². The second kappa shape index (κ2) is 7.98. The lowest BCUT2D eigenvalue weighted by Gasteiger charge is -2.29. The van der Waals surface area contributed by atoms with Gasteiger partial charge in [-0.2, -0.15) is 0 Å². The molecule has 1 saturated carbocycles. The highest BCUT2D eigenvalue weighted by Crippen LogP contribution is 2.22. The van der Waals surface area contributed by atoms with Gasteiger partial charge in [0.1, 0.15) is 0 Å². The highest BCUT2D eigenvalue weighted by molar-refractivity contribution is 9.10. The van der Waals surface area contributed by atoms with Gasteiger partial charge < -0.3 is 10.1 Å². The molecule has 0 saturated heterocycles. The fraction of sp³-hybridized carbons (Fsp3) is 0.667. The molecule has 0 aliphatic heterocycles. The van der Waals surface area contributed by atoms with E-state index in [0.717, 1.165) is 16.6 Å². The maximum atomic E-state index is 5.99. The summed E-state index contributed by atoms with van der Waals surface area (Å²) >= 11 is 3.43. The zero-order valence-electron chi connectivity index (χ0n) is 11.6. The van der Waals surface area contributed by atoms with Gasteiger partial charge in [0.2, 0.25) is 0 Å². The molecule has 1 aromatic rings. The van der Waals surface area contributed by atoms with Crippen LogP contribution in [0.1, 0.15) is 44.6 Å². The van der Waals surface area contributed by atoms with Crippen LogP contribution >= 0.6 is 15.9 Å². The highest BCUT2D eigenvalue weighted by Gasteiger charge is 2.20. The lowest BCUT2D eigenvalue weighted by Crippen LogP contribution is -2.35. The van der Waals surface area contributed by atoms with E-state index in [-0.39, 0.29) is 0 Å². The highest BCUT2D eigenvalue weighted by atomic mass is 79.9. The van der Waals surface area contributed by atoms with Crippen molar-refractivity contribution in [3.8, 4) is 0 Å². The Kier molecular flexibility index (Phi) is 6.28. The van der Waals surface area contributed by atoms with E-state index < -0.39 is 0 Å². The van der Waals surface area contributed by atoms with Crippen LogP contribution in [-0.2, 0) is 11.3 Å². The lowest BCUT2D eigenvalue weighted by molar-refractivity contribution is 0.0112. The molecule has 0 unspecified atom stereocenters. The first kappa shape index (κ1) is 14.9. The van der Waals surface area contributed by atoms with Gasteiger partial charge in [-0.15, -0.1) is 0 Å². The average molecular weight is 327 g/mol. The van der Waals surface area contributed by atoms with Gasteiger partial charge in [0.15, 0.2) is 0 Å². The van der Waals surface area contributed by atoms with Crippen molar-refractivity contribution in [1.82, 2.24) is 10.3 Å². The normalized spacial score (nSPS) is 23.5. The number of aromatic nitrogens is 1. The van der Waals surface area contributed by atoms with Crippen molar-refractivity contribution in [2.75, 3.05) is 6.54 Å². The average Bonchev–Trinajstić information content (AvgIpc) is 2.44. The number of ether oxygens (including phenoxy) is 1. The van der Waals surface area contributed by atoms with Crippen LogP contribution in [0.5, 0.6) is 0 Å². The van der Waals surface area contributed by atoms with Gasteiger partial charge in [-0.3, -0.25) is 4.98 Å². The molecular formula is C15H23BrN2O. The van der Waals surface area contributed by atoms with Crippen molar-refractivity contribution in [2.24, 2.45) is 0 Å². The molecule has 1 heterocycles. The van der Waals surface area contributed by atoms with Gasteiger partial charge in [0.05, 0.1) is 12.7 Å². The third-order valence-corrected chi connectivity index (χ3v) is 4.04. The maximum absolute atomic E-state index is 5.99. The molecule has 0 amide bonds. The molecule has 2 rings (SSSR count). The molecule has 0 aromatic carbocycles. The van der Waals surface area contributed by atoms with E-state index in [2.05, 4.69) is 39.2 Å². The topological polar surface area (TPSA) is 34.1 Å². The van der Waals surface area contributed by atoms with E-state index in [4.69, 9.17) is 4.74 Å². The number of nitrogens with zero attached hydrogens (tertiary/aromatic N) is 1. The summed E-state index contributed by atoms with van der Waals surface area (Å²) in [6.45, 7) is 4.03. The number of rotatable bonds is 6. The van der Waals surface area contributed by atoms with E-state index in [1.165, 1.54) is 32.1 Å². The van der Waals surface area contributed by atoms with E-state index >= 15 is 0 Å². The standard InChI is InChI=1S/C15H23BrN2O/c1-2-7-18-14-3-5-15(6-4-14)19-11-12-8-13(16)10-17-9-12/h8-10,14-15,18H,2-7,11H2,1H3. The monoisotopic (exact) mass is 326 g/mol. The Morgan fingerprint density at radius 1 is 1.32 bits per heavy atom. The van der Waals surface area contributed by atoms with Crippen LogP contribution in [0.2, 0.25) is 0 Å². The Morgan fingerprint density at radius 3 is 2.79 bits per heavy atom. The Balaban J connectivity index is 1.68. The molecule has 0 radical (unpaired) electrons. The molecule has 0 atom stereocenters. The predicted octanol–water partition coefficient (Wildman–Crippen LogP) is 3.67. The van der Waals surface area contributed by atoms with Crippen LogP contribution in [0, 0.1) is 0 Å². The second-order valence-corrected chi connectivity index (χ2v) is 6.17. The number of hydrogen-bond acceptors (Lipinski definition) is 3. The number of pyridine rings is 1. The first-order valence-electron chi connectivity index (χ1n) is 7.22. The van der Waals surface area contributed by atoms with Crippen molar-refractivity contribution < 1.29 is 4.74 Å². The summed E-state index contributed by atoms with van der Waals surface area (Å²) in [5.41, 5.74) is 1.14. The fourth-order valence-electron chi connectivity index (χ4n) is 2.53. The predicted molar refractivity (Wildman–Crippen MR) is 81.1 cm³/mol. The molecule has 1 aliphatic rings. The minimum atomic E-state index is 0.415. The van der Waals surface area contributed by atoms with Gasteiger partial charge in [0, 0.05) is 22.9 Å². The second-order valence-electron chi connectivity index (χ2n) is 5.25. The SMILES string of the molecule is CCCNC1CCC(OCc2cncc(Br)c2)CC1. The Labute approximate surface area is 124 Å². The quantitative estimate of drug-likeness (QED) is 0.866. The first-order valence-corrected chi connectivity index (χ1v) is 8.01. The molecule has 106 valence electrons. The summed E-state index contributed by atoms with van der Waals surface area (Å²) in [5.74, 6) is 0. The first-order chi connectivity index (χ1) is 9.28. The Hall–Kier alpha value is -0.450. The van der Waals surface area contributed by atoms with E-state index in [0.29, 0.717) is 18.8 Å².